The molecule has 1 fully saturated rings. The summed E-state index contributed by atoms with van der Waals surface area (Å²) in [5.41, 5.74) is 0. The number of hydrogen-bond donors (Lipinski definition) is 3. The fourth-order valence-corrected chi connectivity index (χ4v) is 1.96. The average Bonchev–Trinajstić information content (AvgIpc) is 2.94. The van der Waals surface area contributed by atoms with Crippen molar-refractivity contribution in [1.29, 1.82) is 0 Å². The summed E-state index contributed by atoms with van der Waals surface area (Å²) >= 11 is 0. The molecule has 0 aromatic carbocycles. The van der Waals surface area contributed by atoms with E-state index in [-0.39, 0.29) is 12.5 Å². The molecule has 0 aromatic heterocycles. The maximum absolute atomic E-state index is 11.3. The number of aliphatic hydroxyl groups is 1. The quantitative estimate of drug-likeness (QED) is 0.613. The van der Waals surface area contributed by atoms with E-state index in [4.69, 9.17) is 0 Å². The number of aliphatic hydroxyl groups excluding tert-OH is 1. The van der Waals surface area contributed by atoms with Crippen LogP contribution in [0.4, 0.5) is 4.79 Å². The van der Waals surface area contributed by atoms with Gasteiger partial charge in [-0.3, -0.25) is 0 Å². The smallest absolute Gasteiger partial charge is 0.422 e. The molecular weight excluding hydrogens is 248 g/mol. The van der Waals surface area contributed by atoms with Crippen molar-refractivity contribution in [3.63, 3.8) is 0 Å². The maximum atomic E-state index is 11.3. The van der Waals surface area contributed by atoms with Gasteiger partial charge >= 0.3 is 16.3 Å². The topological polar surface area (TPSA) is 105 Å². The summed E-state index contributed by atoms with van der Waals surface area (Å²) < 4.78 is 31.1. The minimum absolute atomic E-state index is 0.102. The van der Waals surface area contributed by atoms with Crippen LogP contribution in [0.3, 0.4) is 0 Å². The Morgan fingerprint density at radius 1 is 1.47 bits per heavy atom. The van der Waals surface area contributed by atoms with E-state index in [1.165, 1.54) is 0 Å². The third-order valence-electron chi connectivity index (χ3n) is 2.21. The first-order chi connectivity index (χ1) is 7.80. The molecule has 0 bridgehead atoms. The Hall–Kier alpha value is -0.860. The minimum atomic E-state index is -3.96. The van der Waals surface area contributed by atoms with E-state index >= 15 is 0 Å². The molecule has 7 nitrogen and oxygen atoms in total. The fraction of sp³-hybridized carbons (Fsp3) is 0.889. The summed E-state index contributed by atoms with van der Waals surface area (Å²) in [6.07, 6.45) is -0.319. The summed E-state index contributed by atoms with van der Waals surface area (Å²) in [5, 5.41) is 9.46. The SMILES string of the molecule is CC(C)OC(=O)NS(=O)(=O)NCC(O)C1CC1. The number of hydrogen-bond acceptors (Lipinski definition) is 5. The molecule has 17 heavy (non-hydrogen) atoms. The minimum Gasteiger partial charge on any atom is -0.446 e. The first kappa shape index (κ1) is 14.2. The van der Waals surface area contributed by atoms with Crippen LogP contribution in [0.5, 0.6) is 0 Å². The maximum Gasteiger partial charge on any atom is 0.422 e. The van der Waals surface area contributed by atoms with E-state index in [0.717, 1.165) is 12.8 Å². The normalized spacial score (nSPS) is 17.9. The van der Waals surface area contributed by atoms with Crippen LogP contribution in [-0.2, 0) is 14.9 Å². The van der Waals surface area contributed by atoms with Crippen molar-refractivity contribution < 1.29 is 23.1 Å². The molecular formula is C9H18N2O5S. The van der Waals surface area contributed by atoms with Crippen molar-refractivity contribution >= 4 is 16.3 Å². The van der Waals surface area contributed by atoms with Crippen LogP contribution in [-0.4, -0.2) is 38.4 Å². The number of nitrogens with one attached hydrogen (secondary N) is 2. The largest absolute Gasteiger partial charge is 0.446 e. The fourth-order valence-electron chi connectivity index (χ4n) is 1.23. The number of rotatable bonds is 6. The van der Waals surface area contributed by atoms with Crippen molar-refractivity contribution in [2.45, 2.75) is 38.9 Å². The van der Waals surface area contributed by atoms with Gasteiger partial charge in [0, 0.05) is 6.54 Å². The predicted octanol–water partition coefficient (Wildman–Crippen LogP) is -0.274. The third kappa shape index (κ3) is 5.85. The Morgan fingerprint density at radius 2 is 2.06 bits per heavy atom. The summed E-state index contributed by atoms with van der Waals surface area (Å²) in [4.78, 5) is 11.0. The van der Waals surface area contributed by atoms with Crippen molar-refractivity contribution in [3.8, 4) is 0 Å². The Bertz CT molecular complexity index is 364. The van der Waals surface area contributed by atoms with Crippen LogP contribution in [0.2, 0.25) is 0 Å². The molecule has 0 spiro atoms. The number of amides is 1. The highest BCUT2D eigenvalue weighted by molar-refractivity contribution is 7.88. The zero-order valence-corrected chi connectivity index (χ0v) is 10.7. The molecule has 1 saturated carbocycles. The van der Waals surface area contributed by atoms with Crippen LogP contribution in [0.15, 0.2) is 0 Å². The van der Waals surface area contributed by atoms with E-state index in [1.807, 2.05) is 0 Å². The Balaban J connectivity index is 2.32. The molecule has 0 heterocycles. The molecule has 1 atom stereocenters. The molecule has 1 unspecified atom stereocenters. The summed E-state index contributed by atoms with van der Waals surface area (Å²) in [6.45, 7) is 3.11. The number of carbonyl (C=O) groups is 1. The van der Waals surface area contributed by atoms with Crippen LogP contribution in [0, 0.1) is 5.92 Å². The van der Waals surface area contributed by atoms with Gasteiger partial charge in [0.15, 0.2) is 0 Å². The Labute approximate surface area is 101 Å². The van der Waals surface area contributed by atoms with Crippen LogP contribution in [0.1, 0.15) is 26.7 Å². The van der Waals surface area contributed by atoms with Gasteiger partial charge in [-0.15, -0.1) is 0 Å². The summed E-state index contributed by atoms with van der Waals surface area (Å²) in [7, 11) is -3.96. The van der Waals surface area contributed by atoms with Gasteiger partial charge in [0.1, 0.15) is 0 Å². The Morgan fingerprint density at radius 3 is 2.53 bits per heavy atom. The monoisotopic (exact) mass is 266 g/mol. The van der Waals surface area contributed by atoms with Gasteiger partial charge in [-0.1, -0.05) is 0 Å². The van der Waals surface area contributed by atoms with Crippen molar-refractivity contribution in [1.82, 2.24) is 9.44 Å². The molecule has 100 valence electrons. The first-order valence-electron chi connectivity index (χ1n) is 5.46. The van der Waals surface area contributed by atoms with Crippen LogP contribution < -0.4 is 9.44 Å². The Kier molecular flexibility index (Phi) is 4.72. The van der Waals surface area contributed by atoms with E-state index < -0.39 is 28.5 Å². The molecule has 0 aliphatic heterocycles. The molecule has 1 amide bonds. The molecule has 0 aromatic rings. The van der Waals surface area contributed by atoms with Crippen LogP contribution in [0.25, 0.3) is 0 Å². The predicted molar refractivity (Wildman–Crippen MR) is 60.4 cm³/mol. The van der Waals surface area contributed by atoms with Gasteiger partial charge in [0.2, 0.25) is 0 Å². The zero-order valence-electron chi connectivity index (χ0n) is 9.84. The molecule has 1 aliphatic rings. The van der Waals surface area contributed by atoms with Gasteiger partial charge < -0.3 is 9.84 Å². The molecule has 3 N–H and O–H groups in total. The van der Waals surface area contributed by atoms with Gasteiger partial charge in [0.05, 0.1) is 12.2 Å². The van der Waals surface area contributed by atoms with Crippen LogP contribution >= 0.6 is 0 Å². The number of ether oxygens (including phenoxy) is 1. The van der Waals surface area contributed by atoms with Crippen molar-refractivity contribution in [3.05, 3.63) is 0 Å². The second-order valence-electron chi connectivity index (χ2n) is 4.31. The third-order valence-corrected chi connectivity index (χ3v) is 3.19. The van der Waals surface area contributed by atoms with Gasteiger partial charge in [-0.25, -0.2) is 9.52 Å². The molecule has 0 radical (unpaired) electrons. The molecule has 1 aliphatic carbocycles. The summed E-state index contributed by atoms with van der Waals surface area (Å²) in [6, 6.07) is 0. The van der Waals surface area contributed by atoms with Crippen molar-refractivity contribution in [2.75, 3.05) is 6.54 Å². The summed E-state index contributed by atoms with van der Waals surface area (Å²) in [5.74, 6) is 0.167. The van der Waals surface area contributed by atoms with Crippen molar-refractivity contribution in [2.24, 2.45) is 5.92 Å². The highest BCUT2D eigenvalue weighted by atomic mass is 32.2. The van der Waals surface area contributed by atoms with Gasteiger partial charge in [0.25, 0.3) is 0 Å². The standard InChI is InChI=1S/C9H18N2O5S/c1-6(2)16-9(13)11-17(14,15)10-5-8(12)7-3-4-7/h6-8,10,12H,3-5H2,1-2H3,(H,11,13). The second-order valence-corrected chi connectivity index (χ2v) is 5.81. The van der Waals surface area contributed by atoms with E-state index in [0.29, 0.717) is 0 Å². The van der Waals surface area contributed by atoms with Gasteiger partial charge in [-0.05, 0) is 32.6 Å². The van der Waals surface area contributed by atoms with E-state index in [2.05, 4.69) is 9.46 Å². The average molecular weight is 266 g/mol. The highest BCUT2D eigenvalue weighted by Crippen LogP contribution is 2.32. The zero-order chi connectivity index (χ0) is 13.1. The lowest BCUT2D eigenvalue weighted by molar-refractivity contribution is 0.121. The first-order valence-corrected chi connectivity index (χ1v) is 6.94. The lowest BCUT2D eigenvalue weighted by atomic mass is 10.2. The molecule has 1 rings (SSSR count). The van der Waals surface area contributed by atoms with E-state index in [1.54, 1.807) is 18.6 Å². The lowest BCUT2D eigenvalue weighted by Crippen LogP contribution is -2.44. The second kappa shape index (κ2) is 5.65. The van der Waals surface area contributed by atoms with E-state index in [9.17, 15) is 18.3 Å². The lowest BCUT2D eigenvalue weighted by Gasteiger charge is -2.13. The van der Waals surface area contributed by atoms with Gasteiger partial charge in [-0.2, -0.15) is 13.1 Å². The highest BCUT2D eigenvalue weighted by Gasteiger charge is 2.30. The molecule has 8 heteroatoms. The number of carbonyl (C=O) groups excluding carboxylic acids is 1. The molecule has 0 saturated heterocycles.